The molecule has 0 bridgehead atoms. The Balaban J connectivity index is 2.68. The van der Waals surface area contributed by atoms with Crippen molar-refractivity contribution in [1.82, 2.24) is 5.32 Å². The van der Waals surface area contributed by atoms with Crippen molar-refractivity contribution < 1.29 is 14.3 Å². The normalized spacial score (nSPS) is 13.3. The zero-order valence-corrected chi connectivity index (χ0v) is 14.6. The van der Waals surface area contributed by atoms with Gasteiger partial charge >= 0.3 is 5.97 Å². The molecule has 22 heavy (non-hydrogen) atoms. The predicted octanol–water partition coefficient (Wildman–Crippen LogP) is 3.77. The Morgan fingerprint density at radius 3 is 2.59 bits per heavy atom. The van der Waals surface area contributed by atoms with E-state index in [1.54, 1.807) is 19.1 Å². The van der Waals surface area contributed by atoms with Crippen LogP contribution in [0.1, 0.15) is 38.7 Å². The Morgan fingerprint density at radius 2 is 2.00 bits per heavy atom. The molecule has 1 N–H and O–H groups in total. The number of halogens is 2. The van der Waals surface area contributed by atoms with Crippen LogP contribution in [-0.4, -0.2) is 24.5 Å². The van der Waals surface area contributed by atoms with E-state index in [0.29, 0.717) is 22.9 Å². The lowest BCUT2D eigenvalue weighted by Crippen LogP contribution is -2.52. The first-order valence-electron chi connectivity index (χ1n) is 7.16. The highest BCUT2D eigenvalue weighted by Crippen LogP contribution is 2.26. The van der Waals surface area contributed by atoms with Gasteiger partial charge in [0.15, 0.2) is 0 Å². The second-order valence-corrected chi connectivity index (χ2v) is 6.12. The Bertz CT molecular complexity index is 548. The van der Waals surface area contributed by atoms with Gasteiger partial charge in [-0.1, -0.05) is 48.7 Å². The Labute approximate surface area is 141 Å². The number of esters is 1. The average Bonchev–Trinajstić information content (AvgIpc) is 2.48. The second-order valence-electron chi connectivity index (χ2n) is 5.33. The first-order valence-corrected chi connectivity index (χ1v) is 7.92. The van der Waals surface area contributed by atoms with Crippen LogP contribution in [0.25, 0.3) is 0 Å². The van der Waals surface area contributed by atoms with Crippen LogP contribution in [0.3, 0.4) is 0 Å². The Kier molecular flexibility index (Phi) is 7.17. The Morgan fingerprint density at radius 1 is 1.32 bits per heavy atom. The molecule has 0 aromatic heterocycles. The first kappa shape index (κ1) is 18.8. The first-order chi connectivity index (χ1) is 10.3. The van der Waals surface area contributed by atoms with Crippen LogP contribution >= 0.6 is 23.2 Å². The molecule has 1 aromatic rings. The van der Waals surface area contributed by atoms with E-state index in [4.69, 9.17) is 27.9 Å². The van der Waals surface area contributed by atoms with E-state index in [9.17, 15) is 9.59 Å². The molecular formula is C16H21Cl2NO3. The lowest BCUT2D eigenvalue weighted by atomic mass is 9.95. The number of benzene rings is 1. The fraction of sp³-hybridized carbons (Fsp3) is 0.500. The molecule has 1 unspecified atom stereocenters. The molecule has 4 nitrogen and oxygen atoms in total. The van der Waals surface area contributed by atoms with E-state index in [0.717, 1.165) is 12.0 Å². The maximum Gasteiger partial charge on any atom is 0.331 e. The summed E-state index contributed by atoms with van der Waals surface area (Å²) < 4.78 is 4.77. The van der Waals surface area contributed by atoms with Crippen LogP contribution in [-0.2, 0) is 20.7 Å². The lowest BCUT2D eigenvalue weighted by Gasteiger charge is -2.27. The van der Waals surface area contributed by atoms with Gasteiger partial charge in [0.1, 0.15) is 5.54 Å². The number of hydrogen-bond acceptors (Lipinski definition) is 3. The molecule has 0 saturated carbocycles. The Hall–Kier alpha value is -1.26. The van der Waals surface area contributed by atoms with Gasteiger partial charge in [-0.3, -0.25) is 4.79 Å². The molecule has 0 spiro atoms. The van der Waals surface area contributed by atoms with Crippen LogP contribution in [0, 0.1) is 0 Å². The van der Waals surface area contributed by atoms with Crippen molar-refractivity contribution in [2.45, 2.75) is 45.1 Å². The summed E-state index contributed by atoms with van der Waals surface area (Å²) in [5.41, 5.74) is -0.196. The molecule has 0 aliphatic carbocycles. The molecule has 122 valence electrons. The third-order valence-electron chi connectivity index (χ3n) is 3.45. The fourth-order valence-corrected chi connectivity index (χ4v) is 2.72. The van der Waals surface area contributed by atoms with E-state index in [1.807, 2.05) is 13.0 Å². The lowest BCUT2D eigenvalue weighted by molar-refractivity contribution is -0.150. The smallest absolute Gasteiger partial charge is 0.331 e. The van der Waals surface area contributed by atoms with Gasteiger partial charge in [-0.05, 0) is 31.4 Å². The standard InChI is InChI=1S/C16H21Cl2NO3/c1-4-10-16(2,15(21)22-3)19-13(20)9-8-11-6-5-7-12(17)14(11)18/h5-7H,4,8-10H2,1-3H3,(H,19,20). The molecule has 0 heterocycles. The highest BCUT2D eigenvalue weighted by Gasteiger charge is 2.34. The van der Waals surface area contributed by atoms with Gasteiger partial charge < -0.3 is 10.1 Å². The van der Waals surface area contributed by atoms with Crippen LogP contribution in [0.4, 0.5) is 0 Å². The van der Waals surface area contributed by atoms with Gasteiger partial charge in [0.05, 0.1) is 17.2 Å². The minimum Gasteiger partial charge on any atom is -0.467 e. The topological polar surface area (TPSA) is 55.4 Å². The monoisotopic (exact) mass is 345 g/mol. The number of rotatable bonds is 7. The maximum atomic E-state index is 12.1. The fourth-order valence-electron chi connectivity index (χ4n) is 2.30. The molecular weight excluding hydrogens is 325 g/mol. The van der Waals surface area contributed by atoms with Gasteiger partial charge in [-0.2, -0.15) is 0 Å². The summed E-state index contributed by atoms with van der Waals surface area (Å²) in [5.74, 6) is -0.666. The van der Waals surface area contributed by atoms with E-state index in [-0.39, 0.29) is 12.3 Å². The van der Waals surface area contributed by atoms with Crippen molar-refractivity contribution in [1.29, 1.82) is 0 Å². The summed E-state index contributed by atoms with van der Waals surface area (Å²) in [6, 6.07) is 5.31. The van der Waals surface area contributed by atoms with Crippen molar-refractivity contribution in [3.8, 4) is 0 Å². The van der Waals surface area contributed by atoms with E-state index < -0.39 is 11.5 Å². The minimum absolute atomic E-state index is 0.219. The molecule has 0 aliphatic heterocycles. The van der Waals surface area contributed by atoms with Gasteiger partial charge in [-0.15, -0.1) is 0 Å². The quantitative estimate of drug-likeness (QED) is 0.765. The number of amides is 1. The third kappa shape index (κ3) is 4.89. The summed E-state index contributed by atoms with van der Waals surface area (Å²) in [4.78, 5) is 24.0. The van der Waals surface area contributed by atoms with Gasteiger partial charge in [0.2, 0.25) is 5.91 Å². The highest BCUT2D eigenvalue weighted by atomic mass is 35.5. The number of methoxy groups -OCH3 is 1. The van der Waals surface area contributed by atoms with Crippen LogP contribution < -0.4 is 5.32 Å². The predicted molar refractivity (Wildman–Crippen MR) is 88.3 cm³/mol. The van der Waals surface area contributed by atoms with Crippen molar-refractivity contribution in [3.05, 3.63) is 33.8 Å². The molecule has 1 atom stereocenters. The molecule has 1 amide bonds. The summed E-state index contributed by atoms with van der Waals surface area (Å²) in [7, 11) is 1.31. The molecule has 1 aromatic carbocycles. The summed E-state index contributed by atoms with van der Waals surface area (Å²) in [6.07, 6.45) is 1.94. The number of ether oxygens (including phenoxy) is 1. The van der Waals surface area contributed by atoms with Crippen molar-refractivity contribution in [2.24, 2.45) is 0 Å². The largest absolute Gasteiger partial charge is 0.467 e. The number of nitrogens with one attached hydrogen (secondary N) is 1. The van der Waals surface area contributed by atoms with Crippen molar-refractivity contribution in [3.63, 3.8) is 0 Å². The SMILES string of the molecule is CCCC(C)(NC(=O)CCc1cccc(Cl)c1Cl)C(=O)OC. The number of carbonyl (C=O) groups excluding carboxylic acids is 2. The van der Waals surface area contributed by atoms with Crippen molar-refractivity contribution >= 4 is 35.1 Å². The van der Waals surface area contributed by atoms with Gasteiger partial charge in [0, 0.05) is 6.42 Å². The molecule has 0 aliphatic rings. The number of carbonyl (C=O) groups is 2. The second kappa shape index (κ2) is 8.39. The van der Waals surface area contributed by atoms with E-state index >= 15 is 0 Å². The van der Waals surface area contributed by atoms with Crippen LogP contribution in [0.15, 0.2) is 18.2 Å². The van der Waals surface area contributed by atoms with E-state index in [2.05, 4.69) is 5.32 Å². The number of hydrogen-bond donors (Lipinski definition) is 1. The highest BCUT2D eigenvalue weighted by molar-refractivity contribution is 6.42. The zero-order chi connectivity index (χ0) is 16.8. The summed E-state index contributed by atoms with van der Waals surface area (Å²) in [6.45, 7) is 3.62. The maximum absolute atomic E-state index is 12.1. The molecule has 0 radical (unpaired) electrons. The third-order valence-corrected chi connectivity index (χ3v) is 4.31. The van der Waals surface area contributed by atoms with Gasteiger partial charge in [-0.25, -0.2) is 4.79 Å². The van der Waals surface area contributed by atoms with Crippen molar-refractivity contribution in [2.75, 3.05) is 7.11 Å². The van der Waals surface area contributed by atoms with Crippen LogP contribution in [0.5, 0.6) is 0 Å². The minimum atomic E-state index is -1.00. The molecule has 0 fully saturated rings. The van der Waals surface area contributed by atoms with E-state index in [1.165, 1.54) is 7.11 Å². The zero-order valence-electron chi connectivity index (χ0n) is 13.0. The molecule has 0 saturated heterocycles. The summed E-state index contributed by atoms with van der Waals surface area (Å²) in [5, 5.41) is 3.68. The average molecular weight is 346 g/mol. The van der Waals surface area contributed by atoms with Gasteiger partial charge in [0.25, 0.3) is 0 Å². The number of aryl methyl sites for hydroxylation is 1. The van der Waals surface area contributed by atoms with Crippen LogP contribution in [0.2, 0.25) is 10.0 Å². The molecule has 1 rings (SSSR count). The molecule has 6 heteroatoms. The summed E-state index contributed by atoms with van der Waals surface area (Å²) >= 11 is 12.0.